The van der Waals surface area contributed by atoms with Crippen molar-refractivity contribution in [3.8, 4) is 17.3 Å². The molecule has 1 heterocycles. The molecular weight excluding hydrogens is 472 g/mol. The molecule has 0 aliphatic carbocycles. The van der Waals surface area contributed by atoms with Gasteiger partial charge in [-0.25, -0.2) is 13.3 Å². The first-order valence-electron chi connectivity index (χ1n) is 11.1. The molecule has 180 valence electrons. The maximum absolute atomic E-state index is 13.2. The van der Waals surface area contributed by atoms with Crippen molar-refractivity contribution in [1.29, 1.82) is 5.26 Å². The van der Waals surface area contributed by atoms with Gasteiger partial charge in [0.25, 0.3) is 10.0 Å². The summed E-state index contributed by atoms with van der Waals surface area (Å²) < 4.78 is 29.1. The molecule has 8 nitrogen and oxygen atoms in total. The van der Waals surface area contributed by atoms with E-state index in [0.29, 0.717) is 17.2 Å². The second-order valence-corrected chi connectivity index (χ2v) is 9.41. The highest BCUT2D eigenvalue weighted by molar-refractivity contribution is 7.92. The van der Waals surface area contributed by atoms with Gasteiger partial charge in [0.15, 0.2) is 6.19 Å². The van der Waals surface area contributed by atoms with Gasteiger partial charge in [0.2, 0.25) is 5.96 Å². The highest BCUT2D eigenvalue weighted by Gasteiger charge is 2.19. The zero-order valence-electron chi connectivity index (χ0n) is 19.5. The Kier molecular flexibility index (Phi) is 7.58. The minimum absolute atomic E-state index is 0.196. The molecule has 36 heavy (non-hydrogen) atoms. The molecule has 4 rings (SSSR count). The van der Waals surface area contributed by atoms with Crippen LogP contribution in [0, 0.1) is 11.5 Å². The Morgan fingerprint density at radius 3 is 2.25 bits per heavy atom. The van der Waals surface area contributed by atoms with Crippen molar-refractivity contribution >= 4 is 27.4 Å². The number of aliphatic imine (C=N–C) groups is 1. The Balaban J connectivity index is 1.49. The average Bonchev–Trinajstić information content (AvgIpc) is 2.92. The van der Waals surface area contributed by atoms with Crippen molar-refractivity contribution < 1.29 is 8.42 Å². The summed E-state index contributed by atoms with van der Waals surface area (Å²) in [7, 11) is -2.24. The highest BCUT2D eigenvalue weighted by Crippen LogP contribution is 2.28. The Hall–Kier alpha value is -4.68. The SMILES string of the molecule is CN=C(Nc1ccncc1)N(C#N)Cc1ccc(NS(=O)(=O)c2ccccc2-c2ccccc2)cc1. The standard InChI is InChI=1S/C27H24N6O2S/c1-29-27(31-23-15-17-30-18-16-23)33(20-28)19-21-11-13-24(14-12-21)32-36(34,35)26-10-6-5-9-25(26)22-7-3-2-4-8-22/h2-18,32H,19H2,1H3,(H,29,30,31). The lowest BCUT2D eigenvalue weighted by atomic mass is 10.1. The topological polar surface area (TPSA) is 110 Å². The van der Waals surface area contributed by atoms with E-state index in [4.69, 9.17) is 0 Å². The van der Waals surface area contributed by atoms with Crippen LogP contribution in [0.4, 0.5) is 11.4 Å². The van der Waals surface area contributed by atoms with Gasteiger partial charge in [0.1, 0.15) is 0 Å². The van der Waals surface area contributed by atoms with Crippen LogP contribution in [0.25, 0.3) is 11.1 Å². The van der Waals surface area contributed by atoms with E-state index in [1.165, 1.54) is 4.90 Å². The fraction of sp³-hybridized carbons (Fsp3) is 0.0741. The second-order valence-electron chi connectivity index (χ2n) is 7.76. The van der Waals surface area contributed by atoms with Crippen LogP contribution in [0.2, 0.25) is 0 Å². The zero-order chi connectivity index (χ0) is 25.4. The molecule has 0 atom stereocenters. The van der Waals surface area contributed by atoms with Crippen LogP contribution in [-0.4, -0.2) is 31.3 Å². The van der Waals surface area contributed by atoms with E-state index in [2.05, 4.69) is 26.2 Å². The summed E-state index contributed by atoms with van der Waals surface area (Å²) in [5, 5.41) is 12.8. The van der Waals surface area contributed by atoms with Crippen molar-refractivity contribution in [2.75, 3.05) is 17.1 Å². The maximum Gasteiger partial charge on any atom is 0.262 e. The number of guanidine groups is 1. The van der Waals surface area contributed by atoms with Gasteiger partial charge < -0.3 is 5.32 Å². The molecule has 0 unspecified atom stereocenters. The number of anilines is 2. The van der Waals surface area contributed by atoms with Crippen LogP contribution >= 0.6 is 0 Å². The van der Waals surface area contributed by atoms with E-state index in [0.717, 1.165) is 16.8 Å². The smallest absolute Gasteiger partial charge is 0.262 e. The van der Waals surface area contributed by atoms with E-state index < -0.39 is 10.0 Å². The summed E-state index contributed by atoms with van der Waals surface area (Å²) in [6, 6.07) is 26.7. The van der Waals surface area contributed by atoms with E-state index in [9.17, 15) is 13.7 Å². The number of rotatable bonds is 7. The number of pyridine rings is 1. The number of hydrogen-bond acceptors (Lipinski definition) is 5. The molecule has 4 aromatic rings. The highest BCUT2D eigenvalue weighted by atomic mass is 32.2. The summed E-state index contributed by atoms with van der Waals surface area (Å²) in [5.74, 6) is 0.381. The molecule has 0 saturated carbocycles. The number of sulfonamides is 1. The largest absolute Gasteiger partial charge is 0.325 e. The molecule has 0 spiro atoms. The summed E-state index contributed by atoms with van der Waals surface area (Å²) in [6.45, 7) is 0.255. The minimum atomic E-state index is -3.83. The van der Waals surface area contributed by atoms with Gasteiger partial charge in [0.05, 0.1) is 11.4 Å². The lowest BCUT2D eigenvalue weighted by Gasteiger charge is -2.19. The van der Waals surface area contributed by atoms with Gasteiger partial charge in [-0.1, -0.05) is 60.7 Å². The first kappa shape index (κ1) is 24.4. The molecule has 0 aliphatic rings. The normalized spacial score (nSPS) is 11.4. The van der Waals surface area contributed by atoms with Crippen LogP contribution in [0.5, 0.6) is 0 Å². The van der Waals surface area contributed by atoms with Crippen LogP contribution < -0.4 is 10.0 Å². The van der Waals surface area contributed by atoms with Gasteiger partial charge in [-0.2, -0.15) is 5.26 Å². The maximum atomic E-state index is 13.2. The monoisotopic (exact) mass is 496 g/mol. The van der Waals surface area contributed by atoms with E-state index in [1.807, 2.05) is 36.4 Å². The Morgan fingerprint density at radius 1 is 0.917 bits per heavy atom. The van der Waals surface area contributed by atoms with Crippen molar-refractivity contribution in [1.82, 2.24) is 9.88 Å². The fourth-order valence-corrected chi connectivity index (χ4v) is 4.88. The Labute approximate surface area is 210 Å². The summed E-state index contributed by atoms with van der Waals surface area (Å²) >= 11 is 0. The third-order valence-electron chi connectivity index (χ3n) is 5.33. The van der Waals surface area contributed by atoms with Crippen LogP contribution in [0.3, 0.4) is 0 Å². The Morgan fingerprint density at radius 2 is 1.58 bits per heavy atom. The fourth-order valence-electron chi connectivity index (χ4n) is 3.59. The first-order valence-corrected chi connectivity index (χ1v) is 12.6. The van der Waals surface area contributed by atoms with Crippen LogP contribution in [-0.2, 0) is 16.6 Å². The molecule has 0 saturated heterocycles. The van der Waals surface area contributed by atoms with Crippen molar-refractivity contribution in [3.63, 3.8) is 0 Å². The number of aromatic nitrogens is 1. The number of benzene rings is 3. The predicted molar refractivity (Wildman–Crippen MR) is 142 cm³/mol. The molecule has 0 fully saturated rings. The molecule has 0 aliphatic heterocycles. The van der Waals surface area contributed by atoms with Crippen LogP contribution in [0.15, 0.2) is 113 Å². The van der Waals surface area contributed by atoms with Crippen molar-refractivity contribution in [3.05, 3.63) is 109 Å². The van der Waals surface area contributed by atoms with Gasteiger partial charge in [-0.3, -0.25) is 14.7 Å². The van der Waals surface area contributed by atoms with E-state index in [1.54, 1.807) is 74.0 Å². The quantitative estimate of drug-likeness (QED) is 0.162. The van der Waals surface area contributed by atoms with Crippen LogP contribution in [0.1, 0.15) is 5.56 Å². The molecule has 0 radical (unpaired) electrons. The molecule has 0 bridgehead atoms. The number of nitrogens with one attached hydrogen (secondary N) is 2. The first-order chi connectivity index (χ1) is 17.5. The summed E-state index contributed by atoms with van der Waals surface area (Å²) in [4.78, 5) is 9.77. The molecular formula is C27H24N6O2S. The summed E-state index contributed by atoms with van der Waals surface area (Å²) in [6.07, 6.45) is 5.42. The Bertz CT molecular complexity index is 1480. The average molecular weight is 497 g/mol. The number of hydrogen-bond donors (Lipinski definition) is 2. The third-order valence-corrected chi connectivity index (χ3v) is 6.77. The number of nitrogens with zero attached hydrogens (tertiary/aromatic N) is 4. The second kappa shape index (κ2) is 11.2. The third kappa shape index (κ3) is 5.87. The number of nitriles is 1. The lowest BCUT2D eigenvalue weighted by molar-refractivity contribution is 0.568. The van der Waals surface area contributed by atoms with Crippen molar-refractivity contribution in [2.45, 2.75) is 11.4 Å². The van der Waals surface area contributed by atoms with Gasteiger partial charge in [-0.15, -0.1) is 0 Å². The molecule has 9 heteroatoms. The molecule has 1 aromatic heterocycles. The van der Waals surface area contributed by atoms with Crippen molar-refractivity contribution in [2.24, 2.45) is 4.99 Å². The predicted octanol–water partition coefficient (Wildman–Crippen LogP) is 4.93. The summed E-state index contributed by atoms with van der Waals surface area (Å²) in [5.41, 5.74) is 3.43. The molecule has 3 aromatic carbocycles. The van der Waals surface area contributed by atoms with Gasteiger partial charge >= 0.3 is 0 Å². The molecule has 0 amide bonds. The van der Waals surface area contributed by atoms with E-state index >= 15 is 0 Å². The lowest BCUT2D eigenvalue weighted by Crippen LogP contribution is -2.32. The minimum Gasteiger partial charge on any atom is -0.325 e. The van der Waals surface area contributed by atoms with Gasteiger partial charge in [0, 0.05) is 36.4 Å². The molecule has 2 N–H and O–H groups in total. The van der Waals surface area contributed by atoms with E-state index in [-0.39, 0.29) is 11.4 Å². The zero-order valence-corrected chi connectivity index (χ0v) is 20.4. The van der Waals surface area contributed by atoms with Gasteiger partial charge in [-0.05, 0) is 41.5 Å².